The number of halogens is 1. The zero-order chi connectivity index (χ0) is 13.0. The Labute approximate surface area is 122 Å². The summed E-state index contributed by atoms with van der Waals surface area (Å²) in [6, 6.07) is 10.5. The number of rotatable bonds is 4. The molecular formula is C16H24ClNO. The fourth-order valence-electron chi connectivity index (χ4n) is 2.99. The Bertz CT molecular complexity index is 391. The van der Waals surface area contributed by atoms with E-state index in [9.17, 15) is 4.79 Å². The van der Waals surface area contributed by atoms with E-state index in [1.165, 1.54) is 12.0 Å². The van der Waals surface area contributed by atoms with Crippen LogP contribution in [0.3, 0.4) is 0 Å². The largest absolute Gasteiger partial charge is 0.309 e. The van der Waals surface area contributed by atoms with Gasteiger partial charge in [0.15, 0.2) is 0 Å². The van der Waals surface area contributed by atoms with Crippen molar-refractivity contribution in [2.24, 2.45) is 5.92 Å². The predicted octanol–water partition coefficient (Wildman–Crippen LogP) is 3.51. The highest BCUT2D eigenvalue weighted by molar-refractivity contribution is 5.85. The van der Waals surface area contributed by atoms with Crippen LogP contribution in [0.1, 0.15) is 37.2 Å². The minimum Gasteiger partial charge on any atom is -0.309 e. The second-order valence-electron chi connectivity index (χ2n) is 5.60. The summed E-state index contributed by atoms with van der Waals surface area (Å²) in [7, 11) is 4.17. The molecule has 2 atom stereocenters. The SMILES string of the molecule is CN(C)CC(c1ccccc1)[C@H]1CCCCC1=O.Cl. The molecule has 1 saturated carbocycles. The smallest absolute Gasteiger partial charge is 0.136 e. The molecule has 1 fully saturated rings. The zero-order valence-corrected chi connectivity index (χ0v) is 12.7. The highest BCUT2D eigenvalue weighted by Crippen LogP contribution is 2.34. The molecule has 1 aromatic carbocycles. The monoisotopic (exact) mass is 281 g/mol. The van der Waals surface area contributed by atoms with Crippen LogP contribution in [0.25, 0.3) is 0 Å². The Hall–Kier alpha value is -0.860. The van der Waals surface area contributed by atoms with Gasteiger partial charge < -0.3 is 4.90 Å². The molecular weight excluding hydrogens is 258 g/mol. The number of benzene rings is 1. The molecule has 2 rings (SSSR count). The highest BCUT2D eigenvalue weighted by atomic mass is 35.5. The molecule has 1 aliphatic carbocycles. The van der Waals surface area contributed by atoms with E-state index in [1.807, 2.05) is 6.07 Å². The molecule has 2 nitrogen and oxygen atoms in total. The zero-order valence-electron chi connectivity index (χ0n) is 11.8. The van der Waals surface area contributed by atoms with Crippen molar-refractivity contribution in [2.75, 3.05) is 20.6 Å². The third-order valence-corrected chi connectivity index (χ3v) is 3.88. The molecule has 0 N–H and O–H groups in total. The van der Waals surface area contributed by atoms with Gasteiger partial charge in [-0.25, -0.2) is 0 Å². The topological polar surface area (TPSA) is 20.3 Å². The summed E-state index contributed by atoms with van der Waals surface area (Å²) in [6.45, 7) is 0.959. The second-order valence-corrected chi connectivity index (χ2v) is 5.60. The fraction of sp³-hybridized carbons (Fsp3) is 0.562. The van der Waals surface area contributed by atoms with Crippen molar-refractivity contribution in [3.63, 3.8) is 0 Å². The van der Waals surface area contributed by atoms with Gasteiger partial charge in [-0.2, -0.15) is 0 Å². The van der Waals surface area contributed by atoms with Gasteiger partial charge in [-0.1, -0.05) is 36.8 Å². The van der Waals surface area contributed by atoms with E-state index < -0.39 is 0 Å². The highest BCUT2D eigenvalue weighted by Gasteiger charge is 2.31. The summed E-state index contributed by atoms with van der Waals surface area (Å²) in [5.74, 6) is 1.05. The number of hydrogen-bond donors (Lipinski definition) is 0. The molecule has 106 valence electrons. The first-order valence-electron chi connectivity index (χ1n) is 6.91. The van der Waals surface area contributed by atoms with Crippen LogP contribution in [0.4, 0.5) is 0 Å². The van der Waals surface area contributed by atoms with Crippen molar-refractivity contribution in [1.29, 1.82) is 0 Å². The van der Waals surface area contributed by atoms with E-state index >= 15 is 0 Å². The van der Waals surface area contributed by atoms with Gasteiger partial charge in [0.1, 0.15) is 5.78 Å². The van der Waals surface area contributed by atoms with Gasteiger partial charge in [0, 0.05) is 24.8 Å². The first-order chi connectivity index (χ1) is 8.68. The normalized spacial score (nSPS) is 21.0. The van der Waals surface area contributed by atoms with Crippen LogP contribution < -0.4 is 0 Å². The van der Waals surface area contributed by atoms with Gasteiger partial charge in [-0.05, 0) is 32.5 Å². The molecule has 0 aliphatic heterocycles. The van der Waals surface area contributed by atoms with Gasteiger partial charge in [-0.3, -0.25) is 4.79 Å². The molecule has 0 bridgehead atoms. The van der Waals surface area contributed by atoms with Crippen molar-refractivity contribution >= 4 is 18.2 Å². The summed E-state index contributed by atoms with van der Waals surface area (Å²) >= 11 is 0. The molecule has 0 heterocycles. The lowest BCUT2D eigenvalue weighted by Crippen LogP contribution is -2.32. The number of hydrogen-bond acceptors (Lipinski definition) is 2. The quantitative estimate of drug-likeness (QED) is 0.842. The Morgan fingerprint density at radius 1 is 1.21 bits per heavy atom. The van der Waals surface area contributed by atoms with Crippen LogP contribution in [-0.2, 0) is 4.79 Å². The lowest BCUT2D eigenvalue weighted by Gasteiger charge is -2.31. The Morgan fingerprint density at radius 3 is 2.47 bits per heavy atom. The van der Waals surface area contributed by atoms with Gasteiger partial charge in [0.25, 0.3) is 0 Å². The number of Topliss-reactive ketones (excluding diaryl/α,β-unsaturated/α-hetero) is 1. The van der Waals surface area contributed by atoms with E-state index in [1.54, 1.807) is 0 Å². The summed E-state index contributed by atoms with van der Waals surface area (Å²) < 4.78 is 0. The third-order valence-electron chi connectivity index (χ3n) is 3.88. The number of carbonyl (C=O) groups is 1. The van der Waals surface area contributed by atoms with Crippen molar-refractivity contribution < 1.29 is 4.79 Å². The van der Waals surface area contributed by atoms with E-state index in [4.69, 9.17) is 0 Å². The average Bonchev–Trinajstić information content (AvgIpc) is 2.38. The van der Waals surface area contributed by atoms with Crippen molar-refractivity contribution in [1.82, 2.24) is 4.90 Å². The fourth-order valence-corrected chi connectivity index (χ4v) is 2.99. The van der Waals surface area contributed by atoms with Gasteiger partial charge >= 0.3 is 0 Å². The van der Waals surface area contributed by atoms with Crippen LogP contribution in [0.5, 0.6) is 0 Å². The van der Waals surface area contributed by atoms with Crippen LogP contribution >= 0.6 is 12.4 Å². The maximum atomic E-state index is 12.2. The summed E-state index contributed by atoms with van der Waals surface area (Å²) in [5, 5.41) is 0. The van der Waals surface area contributed by atoms with E-state index in [-0.39, 0.29) is 18.3 Å². The Kier molecular flexibility index (Phi) is 6.53. The second kappa shape index (κ2) is 7.66. The summed E-state index contributed by atoms with van der Waals surface area (Å²) in [4.78, 5) is 14.4. The molecule has 0 spiro atoms. The van der Waals surface area contributed by atoms with Gasteiger partial charge in [0.05, 0.1) is 0 Å². The molecule has 0 amide bonds. The number of ketones is 1. The molecule has 19 heavy (non-hydrogen) atoms. The van der Waals surface area contributed by atoms with E-state index in [2.05, 4.69) is 43.3 Å². The maximum Gasteiger partial charge on any atom is 0.136 e. The minimum absolute atomic E-state index is 0. The first-order valence-corrected chi connectivity index (χ1v) is 6.91. The molecule has 1 aromatic rings. The molecule has 0 saturated heterocycles. The number of nitrogens with zero attached hydrogens (tertiary/aromatic N) is 1. The van der Waals surface area contributed by atoms with Crippen LogP contribution in [0, 0.1) is 5.92 Å². The standard InChI is InChI=1S/C16H23NO.ClH/c1-17(2)12-15(13-8-4-3-5-9-13)14-10-6-7-11-16(14)18;/h3-5,8-9,14-15H,6-7,10-12H2,1-2H3;1H/t14-,15?;/m1./s1. The lowest BCUT2D eigenvalue weighted by atomic mass is 9.76. The summed E-state index contributed by atoms with van der Waals surface area (Å²) in [6.07, 6.45) is 4.12. The maximum absolute atomic E-state index is 12.2. The predicted molar refractivity (Wildman–Crippen MR) is 82.0 cm³/mol. The average molecular weight is 282 g/mol. The van der Waals surface area contributed by atoms with Gasteiger partial charge in [-0.15, -0.1) is 12.4 Å². The minimum atomic E-state index is 0. The van der Waals surface area contributed by atoms with Gasteiger partial charge in [0.2, 0.25) is 0 Å². The lowest BCUT2D eigenvalue weighted by molar-refractivity contribution is -0.125. The summed E-state index contributed by atoms with van der Waals surface area (Å²) in [5.41, 5.74) is 1.31. The molecule has 1 unspecified atom stereocenters. The van der Waals surface area contributed by atoms with E-state index in [0.29, 0.717) is 11.7 Å². The van der Waals surface area contributed by atoms with Crippen molar-refractivity contribution in [2.45, 2.75) is 31.6 Å². The molecule has 1 aliphatic rings. The number of carbonyl (C=O) groups excluding carboxylic acids is 1. The Balaban J connectivity index is 0.00000180. The molecule has 3 heteroatoms. The number of likely N-dealkylation sites (N-methyl/N-ethyl adjacent to an activating group) is 1. The van der Waals surface area contributed by atoms with Crippen molar-refractivity contribution in [3.05, 3.63) is 35.9 Å². The van der Waals surface area contributed by atoms with E-state index in [0.717, 1.165) is 25.8 Å². The third kappa shape index (κ3) is 4.32. The molecule has 0 radical (unpaired) electrons. The van der Waals surface area contributed by atoms with Crippen LogP contribution in [0.2, 0.25) is 0 Å². The van der Waals surface area contributed by atoms with Crippen molar-refractivity contribution in [3.8, 4) is 0 Å². The Morgan fingerprint density at radius 2 is 1.89 bits per heavy atom. The van der Waals surface area contributed by atoms with Crippen LogP contribution in [-0.4, -0.2) is 31.3 Å². The first kappa shape index (κ1) is 16.2. The van der Waals surface area contributed by atoms with Crippen LogP contribution in [0.15, 0.2) is 30.3 Å². The molecule has 0 aromatic heterocycles.